The van der Waals surface area contributed by atoms with Crippen LogP contribution in [-0.4, -0.2) is 22.8 Å². The van der Waals surface area contributed by atoms with E-state index in [4.69, 9.17) is 4.74 Å². The number of amides is 1. The normalized spacial score (nSPS) is 10.4. The van der Waals surface area contributed by atoms with Gasteiger partial charge >= 0.3 is 0 Å². The lowest BCUT2D eigenvalue weighted by atomic mass is 10.1. The predicted molar refractivity (Wildman–Crippen MR) is 93.1 cm³/mol. The molecule has 5 nitrogen and oxygen atoms in total. The first-order valence-corrected chi connectivity index (χ1v) is 7.72. The first-order valence-electron chi connectivity index (χ1n) is 7.72. The van der Waals surface area contributed by atoms with Crippen molar-refractivity contribution in [1.29, 1.82) is 0 Å². The van der Waals surface area contributed by atoms with Crippen molar-refractivity contribution in [2.45, 2.75) is 13.0 Å². The molecule has 3 rings (SSSR count). The molecule has 5 heteroatoms. The number of benzene rings is 2. The Labute approximate surface area is 140 Å². The Balaban J connectivity index is 1.57. The van der Waals surface area contributed by atoms with Gasteiger partial charge in [-0.3, -0.25) is 9.48 Å². The molecule has 1 N–H and O–H groups in total. The summed E-state index contributed by atoms with van der Waals surface area (Å²) in [6, 6.07) is 17.2. The van der Waals surface area contributed by atoms with Gasteiger partial charge in [-0.25, -0.2) is 0 Å². The molecule has 0 spiro atoms. The first-order chi connectivity index (χ1) is 11.7. The van der Waals surface area contributed by atoms with Crippen LogP contribution in [0, 0.1) is 0 Å². The van der Waals surface area contributed by atoms with Crippen molar-refractivity contribution >= 4 is 11.6 Å². The van der Waals surface area contributed by atoms with E-state index in [-0.39, 0.29) is 5.91 Å². The van der Waals surface area contributed by atoms with E-state index in [1.165, 1.54) is 0 Å². The van der Waals surface area contributed by atoms with Crippen LogP contribution in [0.1, 0.15) is 11.1 Å². The highest BCUT2D eigenvalue weighted by atomic mass is 16.5. The van der Waals surface area contributed by atoms with Crippen LogP contribution in [0.25, 0.3) is 0 Å². The van der Waals surface area contributed by atoms with E-state index in [0.29, 0.717) is 13.0 Å². The minimum absolute atomic E-state index is 0.0527. The first kappa shape index (κ1) is 15.8. The Morgan fingerprint density at radius 3 is 2.67 bits per heavy atom. The van der Waals surface area contributed by atoms with Gasteiger partial charge in [0.1, 0.15) is 5.75 Å². The molecule has 3 aromatic rings. The maximum absolute atomic E-state index is 12.2. The summed E-state index contributed by atoms with van der Waals surface area (Å²) in [7, 11) is 1.62. The fourth-order valence-corrected chi connectivity index (χ4v) is 2.45. The third-order valence-corrected chi connectivity index (χ3v) is 3.64. The van der Waals surface area contributed by atoms with Crippen molar-refractivity contribution in [2.24, 2.45) is 0 Å². The van der Waals surface area contributed by atoms with Gasteiger partial charge in [0.05, 0.1) is 20.1 Å². The lowest BCUT2D eigenvalue weighted by Gasteiger charge is -2.08. The van der Waals surface area contributed by atoms with Gasteiger partial charge in [0.25, 0.3) is 0 Å². The lowest BCUT2D eigenvalue weighted by Crippen LogP contribution is -2.14. The zero-order chi connectivity index (χ0) is 16.8. The number of aromatic nitrogens is 2. The molecule has 0 saturated heterocycles. The standard InChI is InChI=1S/C19H19N3O2/c1-24-18-5-2-4-16(12-18)13-19(23)21-17-8-6-15(7-9-17)14-22-11-3-10-20-22/h2-12H,13-14H2,1H3,(H,21,23). The topological polar surface area (TPSA) is 56.1 Å². The Morgan fingerprint density at radius 1 is 1.12 bits per heavy atom. The number of ether oxygens (including phenoxy) is 1. The average molecular weight is 321 g/mol. The van der Waals surface area contributed by atoms with Gasteiger partial charge in [0, 0.05) is 18.1 Å². The second-order valence-electron chi connectivity index (χ2n) is 5.48. The van der Waals surface area contributed by atoms with Gasteiger partial charge in [0.2, 0.25) is 5.91 Å². The molecular formula is C19H19N3O2. The van der Waals surface area contributed by atoms with Crippen molar-refractivity contribution in [3.63, 3.8) is 0 Å². The monoisotopic (exact) mass is 321 g/mol. The van der Waals surface area contributed by atoms with Crippen molar-refractivity contribution in [1.82, 2.24) is 9.78 Å². The molecule has 0 bridgehead atoms. The van der Waals surface area contributed by atoms with E-state index in [2.05, 4.69) is 10.4 Å². The number of methoxy groups -OCH3 is 1. The maximum atomic E-state index is 12.2. The van der Waals surface area contributed by atoms with E-state index >= 15 is 0 Å². The van der Waals surface area contributed by atoms with Crippen LogP contribution in [0.5, 0.6) is 5.75 Å². The van der Waals surface area contributed by atoms with Crippen molar-refractivity contribution in [3.05, 3.63) is 78.1 Å². The van der Waals surface area contributed by atoms with E-state index < -0.39 is 0 Å². The number of carbonyl (C=O) groups excluding carboxylic acids is 1. The number of hydrogen-bond donors (Lipinski definition) is 1. The zero-order valence-corrected chi connectivity index (χ0v) is 13.5. The average Bonchev–Trinajstić information content (AvgIpc) is 3.10. The number of anilines is 1. The van der Waals surface area contributed by atoms with Crippen LogP contribution >= 0.6 is 0 Å². The van der Waals surface area contributed by atoms with E-state index in [9.17, 15) is 4.79 Å². The molecule has 0 aliphatic rings. The van der Waals surface area contributed by atoms with Crippen molar-refractivity contribution in [2.75, 3.05) is 12.4 Å². The summed E-state index contributed by atoms with van der Waals surface area (Å²) < 4.78 is 7.03. The van der Waals surface area contributed by atoms with Gasteiger partial charge in [-0.2, -0.15) is 5.10 Å². The molecule has 24 heavy (non-hydrogen) atoms. The van der Waals surface area contributed by atoms with Crippen LogP contribution in [0.3, 0.4) is 0 Å². The summed E-state index contributed by atoms with van der Waals surface area (Å²) in [6.45, 7) is 0.713. The molecule has 1 heterocycles. The molecule has 122 valence electrons. The highest BCUT2D eigenvalue weighted by molar-refractivity contribution is 5.92. The fraction of sp³-hybridized carbons (Fsp3) is 0.158. The van der Waals surface area contributed by atoms with Crippen molar-refractivity contribution in [3.8, 4) is 5.75 Å². The minimum Gasteiger partial charge on any atom is -0.497 e. The Morgan fingerprint density at radius 2 is 1.96 bits per heavy atom. The Bertz CT molecular complexity index is 796. The smallest absolute Gasteiger partial charge is 0.228 e. The molecule has 1 amide bonds. The number of nitrogens with zero attached hydrogens (tertiary/aromatic N) is 2. The summed E-state index contributed by atoms with van der Waals surface area (Å²) in [4.78, 5) is 12.2. The number of carbonyl (C=O) groups is 1. The minimum atomic E-state index is -0.0527. The second kappa shape index (κ2) is 7.46. The second-order valence-corrected chi connectivity index (χ2v) is 5.48. The molecule has 0 unspecified atom stereocenters. The van der Waals surface area contributed by atoms with Crippen molar-refractivity contribution < 1.29 is 9.53 Å². The third kappa shape index (κ3) is 4.23. The lowest BCUT2D eigenvalue weighted by molar-refractivity contribution is -0.115. The highest BCUT2D eigenvalue weighted by Gasteiger charge is 2.05. The van der Waals surface area contributed by atoms with Gasteiger partial charge < -0.3 is 10.1 Å². The molecule has 0 saturated carbocycles. The Kier molecular flexibility index (Phi) is 4.91. The Hall–Kier alpha value is -3.08. The summed E-state index contributed by atoms with van der Waals surface area (Å²) in [5.74, 6) is 0.700. The largest absolute Gasteiger partial charge is 0.497 e. The number of rotatable bonds is 6. The molecule has 0 atom stereocenters. The highest BCUT2D eigenvalue weighted by Crippen LogP contribution is 2.15. The van der Waals surface area contributed by atoms with Crippen LogP contribution in [-0.2, 0) is 17.8 Å². The molecule has 0 fully saturated rings. The fourth-order valence-electron chi connectivity index (χ4n) is 2.45. The number of nitrogens with one attached hydrogen (secondary N) is 1. The third-order valence-electron chi connectivity index (χ3n) is 3.64. The van der Waals surface area contributed by atoms with E-state index in [0.717, 1.165) is 22.6 Å². The quantitative estimate of drug-likeness (QED) is 0.759. The summed E-state index contributed by atoms with van der Waals surface area (Å²) in [5, 5.41) is 7.09. The molecule has 2 aromatic carbocycles. The van der Waals surface area contributed by atoms with Gasteiger partial charge in [-0.15, -0.1) is 0 Å². The molecule has 0 aliphatic carbocycles. The van der Waals surface area contributed by atoms with E-state index in [1.54, 1.807) is 13.3 Å². The van der Waals surface area contributed by atoms with E-state index in [1.807, 2.05) is 65.5 Å². The van der Waals surface area contributed by atoms with Crippen LogP contribution < -0.4 is 10.1 Å². The van der Waals surface area contributed by atoms with Crippen LogP contribution in [0.15, 0.2) is 67.0 Å². The zero-order valence-electron chi connectivity index (χ0n) is 13.5. The van der Waals surface area contributed by atoms with Crippen LogP contribution in [0.2, 0.25) is 0 Å². The molecule has 0 aliphatic heterocycles. The van der Waals surface area contributed by atoms with Gasteiger partial charge in [-0.1, -0.05) is 24.3 Å². The summed E-state index contributed by atoms with van der Waals surface area (Å²) in [6.07, 6.45) is 3.99. The number of hydrogen-bond acceptors (Lipinski definition) is 3. The molecule has 1 aromatic heterocycles. The summed E-state index contributed by atoms with van der Waals surface area (Å²) >= 11 is 0. The van der Waals surface area contributed by atoms with Crippen LogP contribution in [0.4, 0.5) is 5.69 Å². The predicted octanol–water partition coefficient (Wildman–Crippen LogP) is 3.12. The maximum Gasteiger partial charge on any atom is 0.228 e. The van der Waals surface area contributed by atoms with Gasteiger partial charge in [0.15, 0.2) is 0 Å². The molecular weight excluding hydrogens is 302 g/mol. The molecule has 0 radical (unpaired) electrons. The summed E-state index contributed by atoms with van der Waals surface area (Å²) in [5.41, 5.74) is 2.83. The SMILES string of the molecule is COc1cccc(CC(=O)Nc2ccc(Cn3cccn3)cc2)c1. The van der Waals surface area contributed by atoms with Gasteiger partial charge in [-0.05, 0) is 41.5 Å².